The Bertz CT molecular complexity index is 729. The Morgan fingerprint density at radius 3 is 2.46 bits per heavy atom. The number of hydrogen-bond acceptors (Lipinski definition) is 7. The Labute approximate surface area is 142 Å². The molecular weight excluding hydrogens is 342 g/mol. The van der Waals surface area contributed by atoms with Crippen molar-refractivity contribution >= 4 is 35.2 Å². The highest BCUT2D eigenvalue weighted by Crippen LogP contribution is 2.33. The second-order valence-electron chi connectivity index (χ2n) is 4.66. The zero-order chi connectivity index (χ0) is 17.9. The zero-order valence-electron chi connectivity index (χ0n) is 12.9. The minimum Gasteiger partial charge on any atom is -0.478 e. The van der Waals surface area contributed by atoms with Gasteiger partial charge in [-0.2, -0.15) is 0 Å². The number of anilines is 1. The van der Waals surface area contributed by atoms with Gasteiger partial charge in [-0.05, 0) is 12.1 Å². The van der Waals surface area contributed by atoms with Crippen LogP contribution in [0, 0.1) is 0 Å². The monoisotopic (exact) mass is 355 g/mol. The fraction of sp³-hybridized carbons (Fsp3) is 0.267. The molecule has 1 aliphatic rings. The molecular formula is C15H14ClNO7. The summed E-state index contributed by atoms with van der Waals surface area (Å²) >= 11 is 5.96. The molecule has 0 radical (unpaired) electrons. The SMILES string of the molecule is COC(=O)C1=C(C(=O)OC)N(c2cccc(Cl)c2C(=O)O)COC1. The van der Waals surface area contributed by atoms with Gasteiger partial charge in [-0.25, -0.2) is 14.4 Å². The number of benzene rings is 1. The van der Waals surface area contributed by atoms with Crippen LogP contribution in [0.5, 0.6) is 0 Å². The summed E-state index contributed by atoms with van der Waals surface area (Å²) in [7, 11) is 2.30. The van der Waals surface area contributed by atoms with E-state index in [1.807, 2.05) is 0 Å². The third-order valence-corrected chi connectivity index (χ3v) is 3.64. The van der Waals surface area contributed by atoms with Gasteiger partial charge in [-0.15, -0.1) is 0 Å². The molecule has 1 N–H and O–H groups in total. The van der Waals surface area contributed by atoms with E-state index < -0.39 is 17.9 Å². The van der Waals surface area contributed by atoms with Crippen molar-refractivity contribution in [2.24, 2.45) is 0 Å². The van der Waals surface area contributed by atoms with Crippen molar-refractivity contribution < 1.29 is 33.7 Å². The summed E-state index contributed by atoms with van der Waals surface area (Å²) in [6, 6.07) is 4.37. The number of carboxylic acid groups (broad SMARTS) is 1. The number of halogens is 1. The third-order valence-electron chi connectivity index (χ3n) is 3.33. The van der Waals surface area contributed by atoms with Crippen LogP contribution in [-0.4, -0.2) is 50.6 Å². The number of rotatable bonds is 4. The van der Waals surface area contributed by atoms with Crippen LogP contribution in [0.1, 0.15) is 10.4 Å². The van der Waals surface area contributed by atoms with Crippen LogP contribution in [0.15, 0.2) is 29.5 Å². The first-order valence-corrected chi connectivity index (χ1v) is 7.07. The van der Waals surface area contributed by atoms with Crippen LogP contribution in [0.4, 0.5) is 5.69 Å². The molecule has 0 unspecified atom stereocenters. The Morgan fingerprint density at radius 2 is 1.88 bits per heavy atom. The quantitative estimate of drug-likeness (QED) is 0.809. The Hall–Kier alpha value is -2.58. The number of esters is 2. The number of carboxylic acids is 1. The fourth-order valence-corrected chi connectivity index (χ4v) is 2.53. The molecule has 24 heavy (non-hydrogen) atoms. The molecule has 0 saturated carbocycles. The van der Waals surface area contributed by atoms with Crippen molar-refractivity contribution in [1.82, 2.24) is 0 Å². The Balaban J connectivity index is 2.68. The van der Waals surface area contributed by atoms with Gasteiger partial charge < -0.3 is 24.2 Å². The van der Waals surface area contributed by atoms with Crippen LogP contribution in [-0.2, 0) is 23.8 Å². The minimum absolute atomic E-state index is 0.0191. The molecule has 8 nitrogen and oxygen atoms in total. The molecule has 1 aromatic rings. The first kappa shape index (κ1) is 17.8. The molecule has 0 atom stereocenters. The van der Waals surface area contributed by atoms with Crippen LogP contribution in [0.25, 0.3) is 0 Å². The molecule has 9 heteroatoms. The summed E-state index contributed by atoms with van der Waals surface area (Å²) in [5.74, 6) is -2.89. The summed E-state index contributed by atoms with van der Waals surface area (Å²) in [5.41, 5.74) is -0.362. The lowest BCUT2D eigenvalue weighted by Crippen LogP contribution is -2.39. The topological polar surface area (TPSA) is 102 Å². The predicted molar refractivity (Wildman–Crippen MR) is 82.8 cm³/mol. The molecule has 1 aromatic carbocycles. The smallest absolute Gasteiger partial charge is 0.355 e. The van der Waals surface area contributed by atoms with Crippen LogP contribution < -0.4 is 4.90 Å². The summed E-state index contributed by atoms with van der Waals surface area (Å²) < 4.78 is 14.7. The average molecular weight is 356 g/mol. The summed E-state index contributed by atoms with van der Waals surface area (Å²) in [4.78, 5) is 36.9. The molecule has 0 aromatic heterocycles. The summed E-state index contributed by atoms with van der Waals surface area (Å²) in [5, 5.41) is 9.39. The number of methoxy groups -OCH3 is 2. The van der Waals surface area contributed by atoms with Crippen molar-refractivity contribution in [3.8, 4) is 0 Å². The van der Waals surface area contributed by atoms with Gasteiger partial charge >= 0.3 is 17.9 Å². The number of ether oxygens (including phenoxy) is 3. The van der Waals surface area contributed by atoms with Gasteiger partial charge in [0.05, 0.1) is 37.1 Å². The maximum absolute atomic E-state index is 12.2. The summed E-state index contributed by atoms with van der Waals surface area (Å²) in [6.45, 7) is -0.331. The van der Waals surface area contributed by atoms with Crippen LogP contribution in [0.3, 0.4) is 0 Å². The second-order valence-corrected chi connectivity index (χ2v) is 5.06. The average Bonchev–Trinajstić information content (AvgIpc) is 2.59. The Kier molecular flexibility index (Phi) is 5.42. The second kappa shape index (κ2) is 7.33. The highest BCUT2D eigenvalue weighted by Gasteiger charge is 2.34. The lowest BCUT2D eigenvalue weighted by atomic mass is 10.1. The van der Waals surface area contributed by atoms with Crippen LogP contribution >= 0.6 is 11.6 Å². The molecule has 0 fully saturated rings. The molecule has 0 saturated heterocycles. The van der Waals surface area contributed by atoms with Crippen molar-refractivity contribution in [2.75, 3.05) is 32.5 Å². The van der Waals surface area contributed by atoms with Gasteiger partial charge in [0.15, 0.2) is 0 Å². The molecule has 0 spiro atoms. The minimum atomic E-state index is -1.29. The van der Waals surface area contributed by atoms with Gasteiger partial charge in [0.25, 0.3) is 0 Å². The number of carbonyl (C=O) groups excluding carboxylic acids is 2. The molecule has 0 aliphatic carbocycles. The van der Waals surface area contributed by atoms with E-state index in [1.165, 1.54) is 23.1 Å². The normalized spacial score (nSPS) is 14.4. The number of nitrogens with zero attached hydrogens (tertiary/aromatic N) is 1. The Morgan fingerprint density at radius 1 is 1.21 bits per heavy atom. The first-order chi connectivity index (χ1) is 11.4. The third kappa shape index (κ3) is 3.19. The molecule has 0 bridgehead atoms. The van der Waals surface area contributed by atoms with E-state index in [0.29, 0.717) is 0 Å². The molecule has 1 aliphatic heterocycles. The van der Waals surface area contributed by atoms with E-state index in [4.69, 9.17) is 21.1 Å². The van der Waals surface area contributed by atoms with E-state index in [0.717, 1.165) is 14.2 Å². The largest absolute Gasteiger partial charge is 0.478 e. The van der Waals surface area contributed by atoms with Gasteiger partial charge in [0.2, 0.25) is 0 Å². The molecule has 128 valence electrons. The first-order valence-electron chi connectivity index (χ1n) is 6.69. The maximum Gasteiger partial charge on any atom is 0.355 e. The van der Waals surface area contributed by atoms with Gasteiger partial charge in [-0.1, -0.05) is 17.7 Å². The van der Waals surface area contributed by atoms with Gasteiger partial charge in [0.1, 0.15) is 18.0 Å². The van der Waals surface area contributed by atoms with Crippen molar-refractivity contribution in [3.63, 3.8) is 0 Å². The van der Waals surface area contributed by atoms with Crippen molar-refractivity contribution in [3.05, 3.63) is 40.1 Å². The number of carbonyl (C=O) groups is 3. The predicted octanol–water partition coefficient (Wildman–Crippen LogP) is 1.43. The number of aromatic carboxylic acids is 1. The van der Waals surface area contributed by atoms with Crippen molar-refractivity contribution in [1.29, 1.82) is 0 Å². The molecule has 2 rings (SSSR count). The van der Waals surface area contributed by atoms with Crippen LogP contribution in [0.2, 0.25) is 5.02 Å². The van der Waals surface area contributed by atoms with Gasteiger partial charge in [0, 0.05) is 0 Å². The van der Waals surface area contributed by atoms with Gasteiger partial charge in [-0.3, -0.25) is 0 Å². The highest BCUT2D eigenvalue weighted by atomic mass is 35.5. The fourth-order valence-electron chi connectivity index (χ4n) is 2.28. The van der Waals surface area contributed by atoms with E-state index in [9.17, 15) is 19.5 Å². The van der Waals surface area contributed by atoms with E-state index in [-0.39, 0.29) is 40.9 Å². The molecule has 1 heterocycles. The molecule has 0 amide bonds. The van der Waals surface area contributed by atoms with E-state index >= 15 is 0 Å². The van der Waals surface area contributed by atoms with Crippen molar-refractivity contribution in [2.45, 2.75) is 0 Å². The highest BCUT2D eigenvalue weighted by molar-refractivity contribution is 6.34. The van der Waals surface area contributed by atoms with E-state index in [2.05, 4.69) is 4.74 Å². The lowest BCUT2D eigenvalue weighted by molar-refractivity contribution is -0.140. The van der Waals surface area contributed by atoms with E-state index in [1.54, 1.807) is 0 Å². The summed E-state index contributed by atoms with van der Waals surface area (Å²) in [6.07, 6.45) is 0. The number of hydrogen-bond donors (Lipinski definition) is 1. The zero-order valence-corrected chi connectivity index (χ0v) is 13.6. The maximum atomic E-state index is 12.2. The standard InChI is InChI=1S/C15H14ClNO7/c1-22-14(20)8-6-24-7-17(12(8)15(21)23-2)10-5-3-4-9(16)11(10)13(18)19/h3-5H,6-7H2,1-2H3,(H,18,19). The lowest BCUT2D eigenvalue weighted by Gasteiger charge is -2.32.